The lowest BCUT2D eigenvalue weighted by Gasteiger charge is -2.08. The number of nitrogens with zero attached hydrogens (tertiary/aromatic N) is 1. The van der Waals surface area contributed by atoms with Gasteiger partial charge in [0.05, 0.1) is 0 Å². The molecule has 2 aromatic rings. The molecule has 0 amide bonds. The number of carboxylic acid groups (broad SMARTS) is 1. The van der Waals surface area contributed by atoms with Crippen molar-refractivity contribution in [3.63, 3.8) is 0 Å². The van der Waals surface area contributed by atoms with Crippen LogP contribution in [-0.4, -0.2) is 16.1 Å². The van der Waals surface area contributed by atoms with Gasteiger partial charge in [-0.25, -0.2) is 14.2 Å². The van der Waals surface area contributed by atoms with Crippen LogP contribution in [0.2, 0.25) is 0 Å². The van der Waals surface area contributed by atoms with Crippen molar-refractivity contribution in [3.05, 3.63) is 57.8 Å². The fourth-order valence-corrected chi connectivity index (χ4v) is 1.89. The number of aromatic nitrogens is 1. The Morgan fingerprint density at radius 2 is 2.10 bits per heavy atom. The highest BCUT2D eigenvalue weighted by Gasteiger charge is 2.12. The molecule has 0 fully saturated rings. The third-order valence-electron chi connectivity index (χ3n) is 2.40. The average molecular weight is 344 g/mol. The monoisotopic (exact) mass is 343 g/mol. The Labute approximate surface area is 121 Å². The van der Waals surface area contributed by atoms with E-state index >= 15 is 0 Å². The lowest BCUT2D eigenvalue weighted by molar-refractivity contribution is 0.0690. The summed E-state index contributed by atoms with van der Waals surface area (Å²) in [5.74, 6) is -3.56. The van der Waals surface area contributed by atoms with Gasteiger partial charge in [0.15, 0.2) is 11.6 Å². The van der Waals surface area contributed by atoms with Crippen molar-refractivity contribution in [2.24, 2.45) is 0 Å². The quantitative estimate of drug-likeness (QED) is 0.864. The van der Waals surface area contributed by atoms with Crippen LogP contribution in [0.1, 0.15) is 16.1 Å². The van der Waals surface area contributed by atoms with E-state index in [4.69, 9.17) is 9.84 Å². The van der Waals surface area contributed by atoms with Crippen LogP contribution in [0.25, 0.3) is 0 Å². The molecule has 0 aliphatic rings. The van der Waals surface area contributed by atoms with Crippen LogP contribution in [0.15, 0.2) is 34.9 Å². The maximum Gasteiger partial charge on any atom is 0.354 e. The summed E-state index contributed by atoms with van der Waals surface area (Å²) in [6, 6.07) is 5.10. The molecule has 2 rings (SSSR count). The molecule has 0 unspecified atom stereocenters. The number of ether oxygens (including phenoxy) is 1. The number of carboxylic acids is 1. The number of carbonyl (C=O) groups is 1. The number of rotatable bonds is 4. The Balaban J connectivity index is 2.17. The van der Waals surface area contributed by atoms with E-state index in [-0.39, 0.29) is 18.1 Å². The van der Waals surface area contributed by atoms with E-state index < -0.39 is 17.6 Å². The summed E-state index contributed by atoms with van der Waals surface area (Å²) in [6.45, 7) is -0.102. The summed E-state index contributed by atoms with van der Waals surface area (Å²) in [5.41, 5.74) is 0.337. The van der Waals surface area contributed by atoms with Gasteiger partial charge in [-0.3, -0.25) is 0 Å². The predicted molar refractivity (Wildman–Crippen MR) is 69.6 cm³/mol. The Hall–Kier alpha value is -2.02. The van der Waals surface area contributed by atoms with Crippen molar-refractivity contribution >= 4 is 21.9 Å². The first-order chi connectivity index (χ1) is 9.47. The second-order valence-corrected chi connectivity index (χ2v) is 4.76. The van der Waals surface area contributed by atoms with Crippen molar-refractivity contribution in [2.45, 2.75) is 6.61 Å². The van der Waals surface area contributed by atoms with E-state index in [0.717, 1.165) is 6.07 Å². The first-order valence-corrected chi connectivity index (χ1v) is 6.22. The molecule has 4 nitrogen and oxygen atoms in total. The smallest absolute Gasteiger partial charge is 0.354 e. The molecule has 104 valence electrons. The number of aromatic carboxylic acids is 1. The molecule has 0 radical (unpaired) electrons. The van der Waals surface area contributed by atoms with Gasteiger partial charge < -0.3 is 9.84 Å². The molecule has 0 saturated heterocycles. The molecule has 0 spiro atoms. The zero-order valence-electron chi connectivity index (χ0n) is 9.94. The molecule has 0 saturated carbocycles. The van der Waals surface area contributed by atoms with Crippen LogP contribution in [0.4, 0.5) is 8.78 Å². The summed E-state index contributed by atoms with van der Waals surface area (Å²) in [7, 11) is 0. The molecule has 1 aromatic heterocycles. The lowest BCUT2D eigenvalue weighted by Crippen LogP contribution is -2.04. The zero-order valence-corrected chi connectivity index (χ0v) is 11.5. The fraction of sp³-hybridized carbons (Fsp3) is 0.0769. The highest BCUT2D eigenvalue weighted by atomic mass is 79.9. The predicted octanol–water partition coefficient (Wildman–Crippen LogP) is 3.40. The van der Waals surface area contributed by atoms with Crippen molar-refractivity contribution in [2.75, 3.05) is 0 Å². The lowest BCUT2D eigenvalue weighted by atomic mass is 10.2. The fourth-order valence-electron chi connectivity index (χ4n) is 1.48. The van der Waals surface area contributed by atoms with Gasteiger partial charge in [0.1, 0.15) is 12.3 Å². The third kappa shape index (κ3) is 3.30. The number of benzene rings is 1. The molecule has 0 bridgehead atoms. The molecular formula is C13H8BrF2NO3. The normalized spacial score (nSPS) is 10.3. The molecule has 7 heteroatoms. The Morgan fingerprint density at radius 3 is 2.80 bits per heavy atom. The Morgan fingerprint density at radius 1 is 1.35 bits per heavy atom. The first kappa shape index (κ1) is 14.4. The van der Waals surface area contributed by atoms with Crippen molar-refractivity contribution in [3.8, 4) is 5.75 Å². The Bertz CT molecular complexity index is 664. The molecule has 0 aliphatic carbocycles. The summed E-state index contributed by atoms with van der Waals surface area (Å²) in [4.78, 5) is 14.4. The SMILES string of the molecule is O=C(O)c1cc(COc2cc(Br)cc(F)c2F)ccn1. The summed E-state index contributed by atoms with van der Waals surface area (Å²) in [6.07, 6.45) is 1.31. The molecule has 0 atom stereocenters. The average Bonchev–Trinajstić information content (AvgIpc) is 2.41. The minimum absolute atomic E-state index is 0.102. The van der Waals surface area contributed by atoms with E-state index in [1.165, 1.54) is 24.4 Å². The highest BCUT2D eigenvalue weighted by molar-refractivity contribution is 9.10. The number of halogens is 3. The van der Waals surface area contributed by atoms with Gasteiger partial charge in [-0.15, -0.1) is 0 Å². The van der Waals surface area contributed by atoms with Crippen LogP contribution in [-0.2, 0) is 6.61 Å². The highest BCUT2D eigenvalue weighted by Crippen LogP contribution is 2.26. The molecule has 0 aliphatic heterocycles. The second-order valence-electron chi connectivity index (χ2n) is 3.84. The Kier molecular flexibility index (Phi) is 4.29. The summed E-state index contributed by atoms with van der Waals surface area (Å²) in [5, 5.41) is 8.79. The van der Waals surface area contributed by atoms with Gasteiger partial charge >= 0.3 is 5.97 Å². The van der Waals surface area contributed by atoms with Gasteiger partial charge in [0.2, 0.25) is 5.82 Å². The molecule has 20 heavy (non-hydrogen) atoms. The summed E-state index contributed by atoms with van der Waals surface area (Å²) < 4.78 is 32.1. The van der Waals surface area contributed by atoms with Gasteiger partial charge in [0, 0.05) is 10.7 Å². The zero-order chi connectivity index (χ0) is 14.7. The van der Waals surface area contributed by atoms with Crippen LogP contribution in [0.3, 0.4) is 0 Å². The van der Waals surface area contributed by atoms with Crippen molar-refractivity contribution in [1.29, 1.82) is 0 Å². The van der Waals surface area contributed by atoms with Gasteiger partial charge in [-0.05, 0) is 29.8 Å². The van der Waals surface area contributed by atoms with Gasteiger partial charge in [-0.2, -0.15) is 4.39 Å². The first-order valence-electron chi connectivity index (χ1n) is 5.43. The molecule has 1 aromatic carbocycles. The number of pyridine rings is 1. The van der Waals surface area contributed by atoms with Gasteiger partial charge in [-0.1, -0.05) is 15.9 Å². The summed E-state index contributed by atoms with van der Waals surface area (Å²) >= 11 is 3.03. The standard InChI is InChI=1S/C13H8BrF2NO3/c14-8-4-9(15)12(16)11(5-8)20-6-7-1-2-17-10(3-7)13(18)19/h1-5H,6H2,(H,18,19). The maximum atomic E-state index is 13.5. The number of hydrogen-bond donors (Lipinski definition) is 1. The van der Waals surface area contributed by atoms with E-state index in [0.29, 0.717) is 10.0 Å². The minimum Gasteiger partial charge on any atom is -0.486 e. The minimum atomic E-state index is -1.17. The van der Waals surface area contributed by atoms with Crippen LogP contribution in [0.5, 0.6) is 5.75 Å². The van der Waals surface area contributed by atoms with E-state index in [9.17, 15) is 13.6 Å². The van der Waals surface area contributed by atoms with Crippen molar-refractivity contribution in [1.82, 2.24) is 4.98 Å². The third-order valence-corrected chi connectivity index (χ3v) is 2.86. The number of hydrogen-bond acceptors (Lipinski definition) is 3. The van der Waals surface area contributed by atoms with Crippen LogP contribution in [0, 0.1) is 11.6 Å². The van der Waals surface area contributed by atoms with E-state index in [1.807, 2.05) is 0 Å². The van der Waals surface area contributed by atoms with Crippen molar-refractivity contribution < 1.29 is 23.4 Å². The maximum absolute atomic E-state index is 13.5. The molecule has 1 N–H and O–H groups in total. The topological polar surface area (TPSA) is 59.4 Å². The van der Waals surface area contributed by atoms with E-state index in [2.05, 4.69) is 20.9 Å². The largest absolute Gasteiger partial charge is 0.486 e. The molecular weight excluding hydrogens is 336 g/mol. The van der Waals surface area contributed by atoms with E-state index in [1.54, 1.807) is 0 Å². The van der Waals surface area contributed by atoms with Gasteiger partial charge in [0.25, 0.3) is 0 Å². The molecule has 1 heterocycles. The second kappa shape index (κ2) is 5.96. The van der Waals surface area contributed by atoms with Crippen LogP contribution >= 0.6 is 15.9 Å². The van der Waals surface area contributed by atoms with Crippen LogP contribution < -0.4 is 4.74 Å².